The van der Waals surface area contributed by atoms with E-state index in [2.05, 4.69) is 25.4 Å². The van der Waals surface area contributed by atoms with E-state index < -0.39 is 0 Å². The number of nitrogens with one attached hydrogen (secondary N) is 1. The second-order valence-electron chi connectivity index (χ2n) is 3.98. The molecule has 0 aliphatic rings. The van der Waals surface area contributed by atoms with Crippen molar-refractivity contribution in [1.82, 2.24) is 5.48 Å². The lowest BCUT2D eigenvalue weighted by Gasteiger charge is -2.23. The summed E-state index contributed by atoms with van der Waals surface area (Å²) in [6, 6.07) is 2.15. The van der Waals surface area contributed by atoms with Crippen LogP contribution >= 0.6 is 0 Å². The van der Waals surface area contributed by atoms with Crippen molar-refractivity contribution in [3.8, 4) is 6.07 Å². The summed E-state index contributed by atoms with van der Waals surface area (Å²) >= 11 is 0. The number of nitriles is 1. The van der Waals surface area contributed by atoms with Crippen LogP contribution in [0.25, 0.3) is 0 Å². The summed E-state index contributed by atoms with van der Waals surface area (Å²) in [5, 5.41) is 8.45. The Hall–Kier alpha value is -0.630. The van der Waals surface area contributed by atoms with Crippen molar-refractivity contribution in [3.63, 3.8) is 0 Å². The molecule has 0 saturated carbocycles. The largest absolute Gasteiger partial charge is 0.382 e. The summed E-state index contributed by atoms with van der Waals surface area (Å²) in [5.41, 5.74) is 2.98. The summed E-state index contributed by atoms with van der Waals surface area (Å²) in [6.45, 7) is 6.10. The molecule has 0 aromatic carbocycles. The molecule has 0 aliphatic heterocycles. The zero-order valence-electron chi connectivity index (χ0n) is 9.30. The van der Waals surface area contributed by atoms with Gasteiger partial charge in [-0.2, -0.15) is 5.26 Å². The minimum atomic E-state index is 0.100. The van der Waals surface area contributed by atoms with Crippen LogP contribution < -0.4 is 5.48 Å². The summed E-state index contributed by atoms with van der Waals surface area (Å²) < 4.78 is 4.83. The van der Waals surface area contributed by atoms with E-state index in [0.29, 0.717) is 19.6 Å². The SMILES string of the molecule is COCCONCC(C)(C)CCC#N. The van der Waals surface area contributed by atoms with Crippen molar-refractivity contribution >= 4 is 0 Å². The van der Waals surface area contributed by atoms with Gasteiger partial charge in [0, 0.05) is 20.1 Å². The molecule has 82 valence electrons. The number of hydroxylamine groups is 1. The van der Waals surface area contributed by atoms with E-state index >= 15 is 0 Å². The first-order valence-corrected chi connectivity index (χ1v) is 4.83. The van der Waals surface area contributed by atoms with Gasteiger partial charge in [0.15, 0.2) is 0 Å². The molecule has 0 bridgehead atoms. The molecule has 0 fully saturated rings. The van der Waals surface area contributed by atoms with Gasteiger partial charge in [0.25, 0.3) is 0 Å². The van der Waals surface area contributed by atoms with Gasteiger partial charge in [0.1, 0.15) is 0 Å². The monoisotopic (exact) mass is 200 g/mol. The van der Waals surface area contributed by atoms with Crippen LogP contribution in [0.2, 0.25) is 0 Å². The van der Waals surface area contributed by atoms with E-state index in [-0.39, 0.29) is 5.41 Å². The third-order valence-electron chi connectivity index (χ3n) is 1.96. The second-order valence-corrected chi connectivity index (χ2v) is 3.98. The Morgan fingerprint density at radius 2 is 2.07 bits per heavy atom. The molecule has 0 aliphatic carbocycles. The number of hydrogen-bond donors (Lipinski definition) is 1. The van der Waals surface area contributed by atoms with E-state index in [1.54, 1.807) is 7.11 Å². The predicted molar refractivity (Wildman–Crippen MR) is 54.5 cm³/mol. The Bertz CT molecular complexity index is 175. The smallest absolute Gasteiger partial charge is 0.0915 e. The standard InChI is InChI=1S/C10H20N2O2/c1-10(2,5-4-6-11)9-12-14-8-7-13-3/h12H,4-5,7-9H2,1-3H3. The molecule has 1 N–H and O–H groups in total. The molecule has 4 nitrogen and oxygen atoms in total. The van der Waals surface area contributed by atoms with Crippen molar-refractivity contribution in [1.29, 1.82) is 5.26 Å². The van der Waals surface area contributed by atoms with Gasteiger partial charge < -0.3 is 4.74 Å². The average molecular weight is 200 g/mol. The van der Waals surface area contributed by atoms with Crippen LogP contribution in [0.1, 0.15) is 26.7 Å². The Kier molecular flexibility index (Phi) is 7.40. The van der Waals surface area contributed by atoms with Gasteiger partial charge in [-0.15, -0.1) is 0 Å². The molecular weight excluding hydrogens is 180 g/mol. The van der Waals surface area contributed by atoms with Gasteiger partial charge in [0.2, 0.25) is 0 Å². The van der Waals surface area contributed by atoms with Crippen LogP contribution in [0, 0.1) is 16.7 Å². The molecule has 0 saturated heterocycles. The lowest BCUT2D eigenvalue weighted by atomic mass is 9.88. The maximum atomic E-state index is 8.45. The highest BCUT2D eigenvalue weighted by molar-refractivity contribution is 4.77. The van der Waals surface area contributed by atoms with Crippen molar-refractivity contribution in [2.75, 3.05) is 26.9 Å². The molecule has 0 rings (SSSR count). The van der Waals surface area contributed by atoms with Crippen LogP contribution in [0.3, 0.4) is 0 Å². The zero-order chi connectivity index (χ0) is 10.9. The Morgan fingerprint density at radius 1 is 1.36 bits per heavy atom. The lowest BCUT2D eigenvalue weighted by Crippen LogP contribution is -2.30. The van der Waals surface area contributed by atoms with Gasteiger partial charge in [-0.25, -0.2) is 5.48 Å². The van der Waals surface area contributed by atoms with E-state index in [9.17, 15) is 0 Å². The fourth-order valence-electron chi connectivity index (χ4n) is 0.926. The van der Waals surface area contributed by atoms with Crippen LogP contribution in [-0.4, -0.2) is 26.9 Å². The topological polar surface area (TPSA) is 54.3 Å². The van der Waals surface area contributed by atoms with Gasteiger partial charge in [-0.3, -0.25) is 4.84 Å². The van der Waals surface area contributed by atoms with Crippen molar-refractivity contribution in [2.24, 2.45) is 5.41 Å². The van der Waals surface area contributed by atoms with E-state index in [4.69, 9.17) is 14.8 Å². The number of rotatable bonds is 8. The summed E-state index contributed by atoms with van der Waals surface area (Å²) in [4.78, 5) is 5.13. The molecule has 0 radical (unpaired) electrons. The van der Waals surface area contributed by atoms with Gasteiger partial charge in [-0.1, -0.05) is 13.8 Å². The Morgan fingerprint density at radius 3 is 2.64 bits per heavy atom. The summed E-state index contributed by atoms with van der Waals surface area (Å²) in [7, 11) is 1.64. The van der Waals surface area contributed by atoms with Crippen LogP contribution in [0.15, 0.2) is 0 Å². The molecule has 14 heavy (non-hydrogen) atoms. The molecule has 0 spiro atoms. The first-order valence-electron chi connectivity index (χ1n) is 4.83. The van der Waals surface area contributed by atoms with E-state index in [0.717, 1.165) is 13.0 Å². The van der Waals surface area contributed by atoms with Crippen LogP contribution in [-0.2, 0) is 9.57 Å². The number of hydrogen-bond acceptors (Lipinski definition) is 4. The predicted octanol–water partition coefficient (Wildman–Crippen LogP) is 1.48. The highest BCUT2D eigenvalue weighted by Gasteiger charge is 2.16. The molecule has 0 aromatic rings. The first kappa shape index (κ1) is 13.4. The molecule has 4 heteroatoms. The fraction of sp³-hybridized carbons (Fsp3) is 0.900. The molecule has 0 heterocycles. The maximum Gasteiger partial charge on any atom is 0.0915 e. The zero-order valence-corrected chi connectivity index (χ0v) is 9.30. The number of nitrogens with zero attached hydrogens (tertiary/aromatic N) is 1. The van der Waals surface area contributed by atoms with Crippen LogP contribution in [0.5, 0.6) is 0 Å². The second kappa shape index (κ2) is 7.74. The summed E-state index contributed by atoms with van der Waals surface area (Å²) in [5.74, 6) is 0. The van der Waals surface area contributed by atoms with Crippen molar-refractivity contribution < 1.29 is 9.57 Å². The third kappa shape index (κ3) is 7.99. The third-order valence-corrected chi connectivity index (χ3v) is 1.96. The number of ether oxygens (including phenoxy) is 1. The Labute approximate surface area is 86.1 Å². The van der Waals surface area contributed by atoms with Crippen molar-refractivity contribution in [3.05, 3.63) is 0 Å². The van der Waals surface area contributed by atoms with Gasteiger partial charge in [0.05, 0.1) is 19.3 Å². The average Bonchev–Trinajstić information content (AvgIpc) is 2.15. The van der Waals surface area contributed by atoms with E-state index in [1.807, 2.05) is 0 Å². The maximum absolute atomic E-state index is 8.45. The molecular formula is C10H20N2O2. The highest BCUT2D eigenvalue weighted by atomic mass is 16.7. The normalized spacial score (nSPS) is 11.3. The molecule has 0 amide bonds. The molecule has 0 aromatic heterocycles. The highest BCUT2D eigenvalue weighted by Crippen LogP contribution is 2.20. The number of methoxy groups -OCH3 is 1. The first-order chi connectivity index (χ1) is 6.62. The molecule has 0 atom stereocenters. The minimum Gasteiger partial charge on any atom is -0.382 e. The Balaban J connectivity index is 3.41. The van der Waals surface area contributed by atoms with Gasteiger partial charge >= 0.3 is 0 Å². The minimum absolute atomic E-state index is 0.100. The van der Waals surface area contributed by atoms with Crippen molar-refractivity contribution in [2.45, 2.75) is 26.7 Å². The van der Waals surface area contributed by atoms with E-state index in [1.165, 1.54) is 0 Å². The summed E-state index contributed by atoms with van der Waals surface area (Å²) in [6.07, 6.45) is 1.47. The lowest BCUT2D eigenvalue weighted by molar-refractivity contribution is -0.00766. The van der Waals surface area contributed by atoms with Crippen LogP contribution in [0.4, 0.5) is 0 Å². The van der Waals surface area contributed by atoms with Gasteiger partial charge in [-0.05, 0) is 11.8 Å². The molecule has 0 unspecified atom stereocenters. The quantitative estimate of drug-likeness (QED) is 0.476. The fourth-order valence-corrected chi connectivity index (χ4v) is 0.926.